The van der Waals surface area contributed by atoms with Gasteiger partial charge in [-0.2, -0.15) is 0 Å². The molecule has 4 heteroatoms. The number of nitrogens with two attached hydrogens (primary N) is 1. The van der Waals surface area contributed by atoms with Gasteiger partial charge in [-0.3, -0.25) is 4.79 Å². The topological polar surface area (TPSA) is 62.1 Å². The standard InChI is InChI=1S/C11H17N3O/c1-8-10(4-5-13-8)11(15)14-6-2-3-9(14)7-12/h4-5,9,13H,2-3,6-7,12H2,1H3. The normalized spacial score (nSPS) is 20.9. The first-order chi connectivity index (χ1) is 7.24. The highest BCUT2D eigenvalue weighted by atomic mass is 16.2. The fourth-order valence-electron chi connectivity index (χ4n) is 2.19. The molecule has 3 N–H and O–H groups in total. The van der Waals surface area contributed by atoms with Crippen molar-refractivity contribution in [2.75, 3.05) is 13.1 Å². The molecule has 1 amide bonds. The van der Waals surface area contributed by atoms with E-state index in [4.69, 9.17) is 5.73 Å². The van der Waals surface area contributed by atoms with Crippen LogP contribution >= 0.6 is 0 Å². The lowest BCUT2D eigenvalue weighted by atomic mass is 10.2. The largest absolute Gasteiger partial charge is 0.365 e. The number of nitrogens with zero attached hydrogens (tertiary/aromatic N) is 1. The van der Waals surface area contributed by atoms with Crippen LogP contribution in [0.4, 0.5) is 0 Å². The Balaban J connectivity index is 2.18. The second kappa shape index (κ2) is 4.06. The molecule has 2 rings (SSSR count). The number of likely N-dealkylation sites (tertiary alicyclic amines) is 1. The van der Waals surface area contributed by atoms with Crippen LogP contribution in [-0.4, -0.2) is 34.9 Å². The molecule has 4 nitrogen and oxygen atoms in total. The summed E-state index contributed by atoms with van der Waals surface area (Å²) in [5, 5.41) is 0. The minimum absolute atomic E-state index is 0.113. The van der Waals surface area contributed by atoms with E-state index in [1.54, 1.807) is 6.20 Å². The van der Waals surface area contributed by atoms with E-state index in [9.17, 15) is 4.79 Å². The molecule has 1 aromatic heterocycles. The van der Waals surface area contributed by atoms with Crippen molar-refractivity contribution in [1.82, 2.24) is 9.88 Å². The van der Waals surface area contributed by atoms with Crippen molar-refractivity contribution in [3.05, 3.63) is 23.5 Å². The predicted molar refractivity (Wildman–Crippen MR) is 58.6 cm³/mol. The van der Waals surface area contributed by atoms with E-state index >= 15 is 0 Å². The minimum Gasteiger partial charge on any atom is -0.365 e. The maximum atomic E-state index is 12.1. The molecule has 0 aliphatic carbocycles. The highest BCUT2D eigenvalue weighted by molar-refractivity contribution is 5.95. The Hall–Kier alpha value is -1.29. The van der Waals surface area contributed by atoms with Crippen molar-refractivity contribution in [1.29, 1.82) is 0 Å². The number of nitrogens with one attached hydrogen (secondary N) is 1. The lowest BCUT2D eigenvalue weighted by Crippen LogP contribution is -2.40. The van der Waals surface area contributed by atoms with Gasteiger partial charge in [0, 0.05) is 31.0 Å². The van der Waals surface area contributed by atoms with Crippen molar-refractivity contribution in [3.8, 4) is 0 Å². The van der Waals surface area contributed by atoms with Crippen LogP contribution in [-0.2, 0) is 0 Å². The van der Waals surface area contributed by atoms with Gasteiger partial charge in [-0.1, -0.05) is 0 Å². The molecule has 15 heavy (non-hydrogen) atoms. The first kappa shape index (κ1) is 10.2. The summed E-state index contributed by atoms with van der Waals surface area (Å²) in [4.78, 5) is 17.1. The summed E-state index contributed by atoms with van der Waals surface area (Å²) in [5.41, 5.74) is 7.36. The van der Waals surface area contributed by atoms with Crippen LogP contribution in [0.25, 0.3) is 0 Å². The van der Waals surface area contributed by atoms with Gasteiger partial charge in [-0.25, -0.2) is 0 Å². The van der Waals surface area contributed by atoms with E-state index in [2.05, 4.69) is 4.98 Å². The molecule has 1 atom stereocenters. The predicted octanol–water partition coefficient (Wildman–Crippen LogP) is 0.886. The number of carbonyl (C=O) groups is 1. The fraction of sp³-hybridized carbons (Fsp3) is 0.545. The number of hydrogen-bond acceptors (Lipinski definition) is 2. The van der Waals surface area contributed by atoms with Crippen LogP contribution in [0.3, 0.4) is 0 Å². The highest BCUT2D eigenvalue weighted by Gasteiger charge is 2.29. The molecule has 82 valence electrons. The second-order valence-corrected chi connectivity index (χ2v) is 4.05. The van der Waals surface area contributed by atoms with Crippen LogP contribution in [0, 0.1) is 6.92 Å². The minimum atomic E-state index is 0.113. The quantitative estimate of drug-likeness (QED) is 0.756. The molecule has 1 unspecified atom stereocenters. The molecule has 2 heterocycles. The first-order valence-corrected chi connectivity index (χ1v) is 5.39. The van der Waals surface area contributed by atoms with Crippen molar-refractivity contribution < 1.29 is 4.79 Å². The summed E-state index contributed by atoms with van der Waals surface area (Å²) in [5.74, 6) is 0.113. The first-order valence-electron chi connectivity index (χ1n) is 5.39. The zero-order chi connectivity index (χ0) is 10.8. The number of aryl methyl sites for hydroxylation is 1. The summed E-state index contributed by atoms with van der Waals surface area (Å²) in [6, 6.07) is 2.07. The third-order valence-electron chi connectivity index (χ3n) is 3.09. The number of hydrogen-bond donors (Lipinski definition) is 2. The van der Waals surface area contributed by atoms with Crippen molar-refractivity contribution >= 4 is 5.91 Å². The maximum Gasteiger partial charge on any atom is 0.255 e. The van der Waals surface area contributed by atoms with Crippen LogP contribution in [0.2, 0.25) is 0 Å². The van der Waals surface area contributed by atoms with Crippen molar-refractivity contribution in [2.45, 2.75) is 25.8 Å². The highest BCUT2D eigenvalue weighted by Crippen LogP contribution is 2.20. The smallest absolute Gasteiger partial charge is 0.255 e. The van der Waals surface area contributed by atoms with Gasteiger partial charge in [-0.05, 0) is 25.8 Å². The van der Waals surface area contributed by atoms with Gasteiger partial charge >= 0.3 is 0 Å². The molecular formula is C11H17N3O. The van der Waals surface area contributed by atoms with Gasteiger partial charge in [0.15, 0.2) is 0 Å². The van der Waals surface area contributed by atoms with Crippen molar-refractivity contribution in [2.24, 2.45) is 5.73 Å². The molecule has 0 aromatic carbocycles. The van der Waals surface area contributed by atoms with Gasteiger partial charge in [0.1, 0.15) is 0 Å². The zero-order valence-electron chi connectivity index (χ0n) is 8.99. The second-order valence-electron chi connectivity index (χ2n) is 4.05. The summed E-state index contributed by atoms with van der Waals surface area (Å²) < 4.78 is 0. The molecule has 1 saturated heterocycles. The molecule has 0 spiro atoms. The molecule has 1 aliphatic heterocycles. The maximum absolute atomic E-state index is 12.1. The average molecular weight is 207 g/mol. The Morgan fingerprint density at radius 3 is 3.13 bits per heavy atom. The SMILES string of the molecule is Cc1[nH]ccc1C(=O)N1CCCC1CN. The molecule has 0 bridgehead atoms. The van der Waals surface area contributed by atoms with E-state index in [1.165, 1.54) is 0 Å². The summed E-state index contributed by atoms with van der Waals surface area (Å²) in [6.45, 7) is 3.32. The van der Waals surface area contributed by atoms with E-state index < -0.39 is 0 Å². The Morgan fingerprint density at radius 1 is 1.73 bits per heavy atom. The Labute approximate surface area is 89.5 Å². The number of amides is 1. The molecular weight excluding hydrogens is 190 g/mol. The average Bonchev–Trinajstić information content (AvgIpc) is 2.84. The number of rotatable bonds is 2. The van der Waals surface area contributed by atoms with Crippen molar-refractivity contribution in [3.63, 3.8) is 0 Å². The van der Waals surface area contributed by atoms with Gasteiger partial charge in [-0.15, -0.1) is 0 Å². The van der Waals surface area contributed by atoms with Gasteiger partial charge in [0.2, 0.25) is 0 Å². The van der Waals surface area contributed by atoms with Gasteiger partial charge in [0.05, 0.1) is 5.56 Å². The molecule has 0 saturated carbocycles. The van der Waals surface area contributed by atoms with E-state index in [-0.39, 0.29) is 11.9 Å². The van der Waals surface area contributed by atoms with Gasteiger partial charge < -0.3 is 15.6 Å². The summed E-state index contributed by atoms with van der Waals surface area (Å²) in [6.07, 6.45) is 3.90. The van der Waals surface area contributed by atoms with E-state index in [0.717, 1.165) is 30.6 Å². The van der Waals surface area contributed by atoms with Crippen LogP contribution in [0.5, 0.6) is 0 Å². The van der Waals surface area contributed by atoms with Crippen LogP contribution in [0.1, 0.15) is 28.9 Å². The van der Waals surface area contributed by atoms with E-state index in [1.807, 2.05) is 17.9 Å². The third-order valence-corrected chi connectivity index (χ3v) is 3.09. The van der Waals surface area contributed by atoms with Crippen LogP contribution < -0.4 is 5.73 Å². The monoisotopic (exact) mass is 207 g/mol. The Bertz CT molecular complexity index is 358. The van der Waals surface area contributed by atoms with Gasteiger partial charge in [0.25, 0.3) is 5.91 Å². The Kier molecular flexibility index (Phi) is 2.77. The lowest BCUT2D eigenvalue weighted by Gasteiger charge is -2.23. The number of carbonyl (C=O) groups excluding carboxylic acids is 1. The number of H-pyrrole nitrogens is 1. The summed E-state index contributed by atoms with van der Waals surface area (Å²) >= 11 is 0. The molecule has 0 radical (unpaired) electrons. The Morgan fingerprint density at radius 2 is 2.53 bits per heavy atom. The molecule has 1 aliphatic rings. The summed E-state index contributed by atoms with van der Waals surface area (Å²) in [7, 11) is 0. The third kappa shape index (κ3) is 1.77. The fourth-order valence-corrected chi connectivity index (χ4v) is 2.19. The number of aromatic nitrogens is 1. The molecule has 1 fully saturated rings. The number of aromatic amines is 1. The van der Waals surface area contributed by atoms with E-state index in [0.29, 0.717) is 6.54 Å². The molecule has 1 aromatic rings. The van der Waals surface area contributed by atoms with Crippen LogP contribution in [0.15, 0.2) is 12.3 Å². The zero-order valence-corrected chi connectivity index (χ0v) is 8.99. The lowest BCUT2D eigenvalue weighted by molar-refractivity contribution is 0.0740.